The van der Waals surface area contributed by atoms with Gasteiger partial charge >= 0.3 is 0 Å². The van der Waals surface area contributed by atoms with Crippen molar-refractivity contribution in [2.24, 2.45) is 0 Å². The average molecular weight is 253 g/mol. The van der Waals surface area contributed by atoms with E-state index >= 15 is 0 Å². The van der Waals surface area contributed by atoms with Gasteiger partial charge in [-0.1, -0.05) is 6.92 Å². The third-order valence-electron chi connectivity index (χ3n) is 5.15. The van der Waals surface area contributed by atoms with Gasteiger partial charge in [-0.05, 0) is 53.1 Å². The molecule has 0 aromatic heterocycles. The van der Waals surface area contributed by atoms with Gasteiger partial charge in [0.05, 0.1) is 0 Å². The Hall–Kier alpha value is -0.120. The summed E-state index contributed by atoms with van der Waals surface area (Å²) in [5.74, 6) is 0. The second-order valence-electron chi connectivity index (χ2n) is 6.80. The molecule has 2 fully saturated rings. The predicted octanol–water partition coefficient (Wildman–Crippen LogP) is 1.93. The van der Waals surface area contributed by atoms with Gasteiger partial charge in [0.1, 0.15) is 0 Å². The van der Waals surface area contributed by atoms with Gasteiger partial charge in [0.15, 0.2) is 0 Å². The van der Waals surface area contributed by atoms with E-state index in [2.05, 4.69) is 42.9 Å². The molecule has 2 rings (SSSR count). The highest BCUT2D eigenvalue weighted by molar-refractivity contribution is 4.91. The maximum absolute atomic E-state index is 3.68. The Bertz CT molecular complexity index is 264. The lowest BCUT2D eigenvalue weighted by molar-refractivity contribution is 0.214. The molecular weight excluding hydrogens is 222 g/mol. The summed E-state index contributed by atoms with van der Waals surface area (Å²) in [6, 6.07) is 1.68. The van der Waals surface area contributed by atoms with Crippen LogP contribution >= 0.6 is 0 Å². The SMILES string of the molecule is CCC(C)(C)NCCN1CCC2CCC(C1)N2C. The first-order valence-electron chi connectivity index (χ1n) is 7.71. The van der Waals surface area contributed by atoms with Crippen LogP contribution in [0.15, 0.2) is 0 Å². The monoisotopic (exact) mass is 253 g/mol. The van der Waals surface area contributed by atoms with Crippen molar-refractivity contribution in [3.8, 4) is 0 Å². The van der Waals surface area contributed by atoms with E-state index in [1.807, 2.05) is 0 Å². The first kappa shape index (κ1) is 14.3. The highest BCUT2D eigenvalue weighted by Gasteiger charge is 2.34. The molecule has 0 saturated carbocycles. The molecule has 2 saturated heterocycles. The predicted molar refractivity (Wildman–Crippen MR) is 78.0 cm³/mol. The number of hydrogen-bond acceptors (Lipinski definition) is 3. The molecule has 106 valence electrons. The molecule has 3 heteroatoms. The van der Waals surface area contributed by atoms with Crippen molar-refractivity contribution in [3.05, 3.63) is 0 Å². The fourth-order valence-electron chi connectivity index (χ4n) is 3.26. The van der Waals surface area contributed by atoms with E-state index in [1.165, 1.54) is 45.3 Å². The van der Waals surface area contributed by atoms with E-state index in [9.17, 15) is 0 Å². The Morgan fingerprint density at radius 2 is 1.89 bits per heavy atom. The molecule has 2 aliphatic heterocycles. The molecule has 2 atom stereocenters. The third-order valence-corrected chi connectivity index (χ3v) is 5.15. The van der Waals surface area contributed by atoms with Crippen molar-refractivity contribution in [2.45, 2.75) is 64.1 Å². The van der Waals surface area contributed by atoms with Crippen molar-refractivity contribution in [3.63, 3.8) is 0 Å². The van der Waals surface area contributed by atoms with Gasteiger partial charge in [0.2, 0.25) is 0 Å². The Balaban J connectivity index is 1.74. The van der Waals surface area contributed by atoms with Crippen LogP contribution in [-0.4, -0.2) is 60.6 Å². The van der Waals surface area contributed by atoms with Gasteiger partial charge in [-0.25, -0.2) is 0 Å². The zero-order chi connectivity index (χ0) is 13.2. The highest BCUT2D eigenvalue weighted by atomic mass is 15.3. The number of likely N-dealkylation sites (N-methyl/N-ethyl adjacent to an activating group) is 1. The largest absolute Gasteiger partial charge is 0.311 e. The lowest BCUT2D eigenvalue weighted by atomic mass is 10.0. The summed E-state index contributed by atoms with van der Waals surface area (Å²) < 4.78 is 0. The smallest absolute Gasteiger partial charge is 0.0223 e. The molecule has 0 radical (unpaired) electrons. The van der Waals surface area contributed by atoms with Crippen LogP contribution in [0.3, 0.4) is 0 Å². The minimum Gasteiger partial charge on any atom is -0.311 e. The zero-order valence-electron chi connectivity index (χ0n) is 12.7. The maximum atomic E-state index is 3.68. The van der Waals surface area contributed by atoms with Crippen LogP contribution in [0, 0.1) is 0 Å². The second kappa shape index (κ2) is 5.89. The number of likely N-dealkylation sites (tertiary alicyclic amines) is 1. The first-order chi connectivity index (χ1) is 8.52. The van der Waals surface area contributed by atoms with Crippen LogP contribution in [0.25, 0.3) is 0 Å². The lowest BCUT2D eigenvalue weighted by Gasteiger charge is -2.29. The van der Waals surface area contributed by atoms with Crippen molar-refractivity contribution >= 4 is 0 Å². The number of nitrogens with one attached hydrogen (secondary N) is 1. The number of fused-ring (bicyclic) bond motifs is 2. The van der Waals surface area contributed by atoms with E-state index in [0.29, 0.717) is 5.54 Å². The van der Waals surface area contributed by atoms with Gasteiger partial charge in [0, 0.05) is 37.3 Å². The molecule has 1 N–H and O–H groups in total. The van der Waals surface area contributed by atoms with E-state index in [-0.39, 0.29) is 0 Å². The van der Waals surface area contributed by atoms with Gasteiger partial charge in [-0.15, -0.1) is 0 Å². The second-order valence-corrected chi connectivity index (χ2v) is 6.80. The normalized spacial score (nSPS) is 30.7. The summed E-state index contributed by atoms with van der Waals surface area (Å²) in [6.07, 6.45) is 5.40. The molecule has 0 spiro atoms. The topological polar surface area (TPSA) is 18.5 Å². The molecule has 3 nitrogen and oxygen atoms in total. The molecule has 18 heavy (non-hydrogen) atoms. The summed E-state index contributed by atoms with van der Waals surface area (Å²) in [5.41, 5.74) is 0.293. The van der Waals surface area contributed by atoms with Crippen LogP contribution in [-0.2, 0) is 0 Å². The third kappa shape index (κ3) is 3.46. The minimum atomic E-state index is 0.293. The van der Waals surface area contributed by atoms with Crippen molar-refractivity contribution in [1.29, 1.82) is 0 Å². The zero-order valence-corrected chi connectivity index (χ0v) is 12.7. The minimum absolute atomic E-state index is 0.293. The van der Waals surface area contributed by atoms with Crippen molar-refractivity contribution in [1.82, 2.24) is 15.1 Å². The Labute approximate surface area is 113 Å². The maximum Gasteiger partial charge on any atom is 0.0223 e. The van der Waals surface area contributed by atoms with Crippen LogP contribution in [0.2, 0.25) is 0 Å². The summed E-state index contributed by atoms with van der Waals surface area (Å²) >= 11 is 0. The van der Waals surface area contributed by atoms with Gasteiger partial charge in [0.25, 0.3) is 0 Å². The number of rotatable bonds is 5. The quantitative estimate of drug-likeness (QED) is 0.808. The molecule has 2 aliphatic rings. The molecule has 0 aromatic carbocycles. The van der Waals surface area contributed by atoms with Crippen LogP contribution < -0.4 is 5.32 Å². The van der Waals surface area contributed by atoms with E-state index in [4.69, 9.17) is 0 Å². The Morgan fingerprint density at radius 3 is 2.61 bits per heavy atom. The summed E-state index contributed by atoms with van der Waals surface area (Å²) in [4.78, 5) is 5.29. The number of hydrogen-bond donors (Lipinski definition) is 1. The molecule has 0 aromatic rings. The molecule has 0 amide bonds. The molecule has 0 aliphatic carbocycles. The highest BCUT2D eigenvalue weighted by Crippen LogP contribution is 2.28. The molecule has 2 unspecified atom stereocenters. The van der Waals surface area contributed by atoms with Gasteiger partial charge in [-0.3, -0.25) is 4.90 Å². The van der Waals surface area contributed by atoms with Crippen molar-refractivity contribution < 1.29 is 0 Å². The molecule has 2 heterocycles. The Morgan fingerprint density at radius 1 is 1.17 bits per heavy atom. The van der Waals surface area contributed by atoms with Gasteiger partial charge in [-0.2, -0.15) is 0 Å². The van der Waals surface area contributed by atoms with E-state index in [0.717, 1.165) is 18.6 Å². The molecule has 2 bridgehead atoms. The van der Waals surface area contributed by atoms with E-state index in [1.54, 1.807) is 0 Å². The fraction of sp³-hybridized carbons (Fsp3) is 1.00. The summed E-state index contributed by atoms with van der Waals surface area (Å²) in [5, 5.41) is 3.68. The summed E-state index contributed by atoms with van der Waals surface area (Å²) in [6.45, 7) is 11.8. The number of nitrogens with zero attached hydrogens (tertiary/aromatic N) is 2. The first-order valence-corrected chi connectivity index (χ1v) is 7.71. The van der Waals surface area contributed by atoms with Crippen LogP contribution in [0.1, 0.15) is 46.5 Å². The van der Waals surface area contributed by atoms with E-state index < -0.39 is 0 Å². The summed E-state index contributed by atoms with van der Waals surface area (Å²) in [7, 11) is 2.32. The lowest BCUT2D eigenvalue weighted by Crippen LogP contribution is -2.44. The average Bonchev–Trinajstić information content (AvgIpc) is 2.56. The molecular formula is C15H31N3. The standard InChI is InChI=1S/C15H31N3/c1-5-15(2,3)16-9-11-18-10-8-13-6-7-14(12-18)17(13)4/h13-14,16H,5-12H2,1-4H3. The van der Waals surface area contributed by atoms with Crippen molar-refractivity contribution in [2.75, 3.05) is 33.2 Å². The van der Waals surface area contributed by atoms with Crippen LogP contribution in [0.5, 0.6) is 0 Å². The van der Waals surface area contributed by atoms with Gasteiger partial charge < -0.3 is 10.2 Å². The van der Waals surface area contributed by atoms with Crippen LogP contribution in [0.4, 0.5) is 0 Å². The Kier molecular flexibility index (Phi) is 4.68. The fourth-order valence-corrected chi connectivity index (χ4v) is 3.26.